The number of nitrogens with one attached hydrogen (secondary N) is 1. The molecule has 9 heteroatoms. The van der Waals surface area contributed by atoms with Crippen molar-refractivity contribution in [3.63, 3.8) is 0 Å². The number of carbonyl (C=O) groups excluding carboxylic acids is 2. The second-order valence-electron chi connectivity index (χ2n) is 5.84. The van der Waals surface area contributed by atoms with Crippen LogP contribution < -0.4 is 14.8 Å². The number of benzene rings is 1. The molecule has 7 nitrogen and oxygen atoms in total. The van der Waals surface area contributed by atoms with Gasteiger partial charge in [-0.2, -0.15) is 14.0 Å². The van der Waals surface area contributed by atoms with E-state index in [1.165, 1.54) is 13.2 Å². The maximum atomic E-state index is 12.3. The Kier molecular flexibility index (Phi) is 7.31. The van der Waals surface area contributed by atoms with E-state index in [2.05, 4.69) is 10.1 Å². The molecule has 0 fully saturated rings. The number of methoxy groups -OCH3 is 1. The van der Waals surface area contributed by atoms with Crippen LogP contribution in [0, 0.1) is 17.2 Å². The molecule has 1 aromatic carbocycles. The predicted octanol–water partition coefficient (Wildman–Crippen LogP) is 2.51. The molecule has 1 N–H and O–H groups in total. The summed E-state index contributed by atoms with van der Waals surface area (Å²) in [5.41, 5.74) is -1.11. The molecule has 0 radical (unpaired) electrons. The van der Waals surface area contributed by atoms with Crippen molar-refractivity contribution >= 4 is 11.9 Å². The number of nitriles is 1. The van der Waals surface area contributed by atoms with Crippen LogP contribution in [0.4, 0.5) is 8.78 Å². The molecular weight excluding hydrogens is 350 g/mol. The van der Waals surface area contributed by atoms with Crippen LogP contribution in [0.2, 0.25) is 0 Å². The Morgan fingerprint density at radius 2 is 1.96 bits per heavy atom. The van der Waals surface area contributed by atoms with Gasteiger partial charge in [-0.15, -0.1) is 0 Å². The van der Waals surface area contributed by atoms with E-state index in [-0.39, 0.29) is 23.0 Å². The minimum atomic E-state index is -3.04. The van der Waals surface area contributed by atoms with Crippen LogP contribution in [0.3, 0.4) is 0 Å². The summed E-state index contributed by atoms with van der Waals surface area (Å²) in [6.45, 7) is 1.46. The van der Waals surface area contributed by atoms with Crippen molar-refractivity contribution in [2.45, 2.75) is 32.9 Å². The molecule has 0 spiro atoms. The van der Waals surface area contributed by atoms with Crippen molar-refractivity contribution in [1.82, 2.24) is 5.32 Å². The second kappa shape index (κ2) is 8.99. The number of halogens is 2. The second-order valence-corrected chi connectivity index (χ2v) is 5.84. The number of amides is 1. The fourth-order valence-electron chi connectivity index (χ4n) is 1.83. The normalized spacial score (nSPS) is 12.9. The maximum absolute atomic E-state index is 12.3. The average Bonchev–Trinajstić information content (AvgIpc) is 2.59. The Hall–Kier alpha value is -2.89. The third-order valence-corrected chi connectivity index (χ3v) is 3.74. The first-order valence-corrected chi connectivity index (χ1v) is 7.65. The summed E-state index contributed by atoms with van der Waals surface area (Å²) < 4.78 is 38.6. The lowest BCUT2D eigenvalue weighted by Gasteiger charge is -2.27. The Balaban J connectivity index is 2.74. The van der Waals surface area contributed by atoms with Gasteiger partial charge in [0.2, 0.25) is 0 Å². The van der Waals surface area contributed by atoms with Gasteiger partial charge in [0.1, 0.15) is 5.54 Å². The number of carbonyl (C=O) groups is 2. The highest BCUT2D eigenvalue weighted by atomic mass is 19.3. The molecule has 0 aliphatic rings. The van der Waals surface area contributed by atoms with E-state index in [0.717, 1.165) is 12.1 Å². The SMILES string of the molecule is COc1cc(C(=O)OCC(=O)N[C@@](C)(C#N)C(C)C)ccc1OC(F)F. The van der Waals surface area contributed by atoms with E-state index < -0.39 is 30.6 Å². The summed E-state index contributed by atoms with van der Waals surface area (Å²) in [7, 11) is 1.23. The fourth-order valence-corrected chi connectivity index (χ4v) is 1.83. The van der Waals surface area contributed by atoms with Crippen LogP contribution in [-0.2, 0) is 9.53 Å². The molecule has 1 atom stereocenters. The summed E-state index contributed by atoms with van der Waals surface area (Å²) in [5.74, 6) is -1.97. The van der Waals surface area contributed by atoms with Crippen molar-refractivity contribution in [1.29, 1.82) is 5.26 Å². The number of ether oxygens (including phenoxy) is 3. The summed E-state index contributed by atoms with van der Waals surface area (Å²) in [5, 5.41) is 11.7. The van der Waals surface area contributed by atoms with Gasteiger partial charge >= 0.3 is 12.6 Å². The zero-order valence-corrected chi connectivity index (χ0v) is 14.8. The van der Waals surface area contributed by atoms with Crippen molar-refractivity contribution in [2.24, 2.45) is 5.92 Å². The molecule has 0 bridgehead atoms. The van der Waals surface area contributed by atoms with Gasteiger partial charge in [-0.1, -0.05) is 13.8 Å². The van der Waals surface area contributed by atoms with Gasteiger partial charge in [-0.3, -0.25) is 4.79 Å². The van der Waals surface area contributed by atoms with E-state index in [1.807, 2.05) is 6.07 Å². The first-order chi connectivity index (χ1) is 12.1. The highest BCUT2D eigenvalue weighted by Crippen LogP contribution is 2.29. The summed E-state index contributed by atoms with van der Waals surface area (Å²) in [4.78, 5) is 23.9. The summed E-state index contributed by atoms with van der Waals surface area (Å²) in [6, 6.07) is 5.49. The highest BCUT2D eigenvalue weighted by molar-refractivity contribution is 5.92. The average molecular weight is 370 g/mol. The van der Waals surface area contributed by atoms with Gasteiger partial charge in [0.15, 0.2) is 18.1 Å². The number of alkyl halides is 2. The van der Waals surface area contributed by atoms with Crippen LogP contribution >= 0.6 is 0 Å². The number of rotatable bonds is 8. The van der Waals surface area contributed by atoms with Crippen LogP contribution in [0.25, 0.3) is 0 Å². The Morgan fingerprint density at radius 1 is 1.31 bits per heavy atom. The molecule has 0 aliphatic heterocycles. The Morgan fingerprint density at radius 3 is 2.46 bits per heavy atom. The lowest BCUT2D eigenvalue weighted by Crippen LogP contribution is -2.50. The maximum Gasteiger partial charge on any atom is 0.387 e. The van der Waals surface area contributed by atoms with Crippen LogP contribution in [0.1, 0.15) is 31.1 Å². The van der Waals surface area contributed by atoms with E-state index in [4.69, 9.17) is 14.7 Å². The van der Waals surface area contributed by atoms with Crippen molar-refractivity contribution < 1.29 is 32.6 Å². The van der Waals surface area contributed by atoms with Crippen LogP contribution in [0.5, 0.6) is 11.5 Å². The molecule has 1 aromatic rings. The van der Waals surface area contributed by atoms with Gasteiger partial charge < -0.3 is 19.5 Å². The van der Waals surface area contributed by atoms with Crippen LogP contribution in [0.15, 0.2) is 18.2 Å². The molecule has 0 aliphatic carbocycles. The minimum absolute atomic E-state index is 0.0110. The molecule has 0 aromatic heterocycles. The molecule has 0 saturated carbocycles. The summed E-state index contributed by atoms with van der Waals surface area (Å²) >= 11 is 0. The highest BCUT2D eigenvalue weighted by Gasteiger charge is 2.30. The first kappa shape index (κ1) is 21.2. The lowest BCUT2D eigenvalue weighted by molar-refractivity contribution is -0.125. The molecule has 142 valence electrons. The zero-order valence-electron chi connectivity index (χ0n) is 14.8. The van der Waals surface area contributed by atoms with Gasteiger partial charge in [0.25, 0.3) is 5.91 Å². The third kappa shape index (κ3) is 5.58. The minimum Gasteiger partial charge on any atom is -0.493 e. The lowest BCUT2D eigenvalue weighted by atomic mass is 9.90. The topological polar surface area (TPSA) is 97.6 Å². The fraction of sp³-hybridized carbons (Fsp3) is 0.471. The molecule has 26 heavy (non-hydrogen) atoms. The van der Waals surface area contributed by atoms with Gasteiger partial charge in [-0.25, -0.2) is 4.79 Å². The first-order valence-electron chi connectivity index (χ1n) is 7.65. The Labute approximate surface area is 149 Å². The van der Waals surface area contributed by atoms with Crippen molar-refractivity contribution in [3.8, 4) is 17.6 Å². The summed E-state index contributed by atoms with van der Waals surface area (Å²) in [6.07, 6.45) is 0. The van der Waals surface area contributed by atoms with Crippen molar-refractivity contribution in [2.75, 3.05) is 13.7 Å². The largest absolute Gasteiger partial charge is 0.493 e. The molecule has 1 rings (SSSR count). The van der Waals surface area contributed by atoms with E-state index in [1.54, 1.807) is 20.8 Å². The van der Waals surface area contributed by atoms with Gasteiger partial charge in [-0.05, 0) is 31.0 Å². The van der Waals surface area contributed by atoms with Crippen LogP contribution in [-0.4, -0.2) is 37.7 Å². The van der Waals surface area contributed by atoms with Crippen molar-refractivity contribution in [3.05, 3.63) is 23.8 Å². The molecule has 0 saturated heterocycles. The van der Waals surface area contributed by atoms with E-state index in [0.29, 0.717) is 0 Å². The molecule has 0 heterocycles. The standard InChI is InChI=1S/C17H20F2N2O5/c1-10(2)17(3,9-20)21-14(22)8-25-15(23)11-5-6-12(26-16(18)19)13(7-11)24-4/h5-7,10,16H,8H2,1-4H3,(H,21,22)/t17-/m0/s1. The number of esters is 1. The molecular formula is C17H20F2N2O5. The molecule has 1 amide bonds. The van der Waals surface area contributed by atoms with Gasteiger partial charge in [0.05, 0.1) is 18.7 Å². The quantitative estimate of drug-likeness (QED) is 0.706. The zero-order chi connectivity index (χ0) is 19.9. The predicted molar refractivity (Wildman–Crippen MR) is 86.9 cm³/mol. The smallest absolute Gasteiger partial charge is 0.387 e. The number of hydrogen-bond donors (Lipinski definition) is 1. The Bertz CT molecular complexity index is 703. The van der Waals surface area contributed by atoms with Gasteiger partial charge in [0, 0.05) is 0 Å². The van der Waals surface area contributed by atoms with E-state index >= 15 is 0 Å². The van der Waals surface area contributed by atoms with E-state index in [9.17, 15) is 18.4 Å². The monoisotopic (exact) mass is 370 g/mol. The third-order valence-electron chi connectivity index (χ3n) is 3.74. The number of nitrogens with zero attached hydrogens (tertiary/aromatic N) is 1. The molecule has 0 unspecified atom stereocenters. The number of hydrogen-bond acceptors (Lipinski definition) is 6.